The highest BCUT2D eigenvalue weighted by molar-refractivity contribution is 9.10. The first kappa shape index (κ1) is 16.8. The highest BCUT2D eigenvalue weighted by Crippen LogP contribution is 2.65. The number of carbonyl (C=O) groups excluding carboxylic acids is 1. The second-order valence-corrected chi connectivity index (χ2v) is 10.0. The van der Waals surface area contributed by atoms with Gasteiger partial charge in [-0.3, -0.25) is 4.79 Å². The Hall–Kier alpha value is -0.630. The zero-order valence-corrected chi connectivity index (χ0v) is 16.0. The largest absolute Gasteiger partial charge is 0.352 e. The highest BCUT2D eigenvalue weighted by Gasteiger charge is 2.65. The number of hydrogen-bond acceptors (Lipinski definition) is 3. The molecule has 0 aliphatic heterocycles. The molecular weight excluding hydrogens is 416 g/mol. The Labute approximate surface area is 154 Å². The Kier molecular flexibility index (Phi) is 4.18. The minimum Gasteiger partial charge on any atom is -0.352 e. The fraction of sp³-hybridized carbons (Fsp3) is 0.562. The molecule has 0 aromatic heterocycles. The Bertz CT molecular complexity index is 785. The third-order valence-electron chi connectivity index (χ3n) is 5.67. The molecule has 3 fully saturated rings. The van der Waals surface area contributed by atoms with Gasteiger partial charge in [0.05, 0.1) is 11.6 Å². The summed E-state index contributed by atoms with van der Waals surface area (Å²) in [4.78, 5) is 12.1. The standard InChI is InChI=1S/C16H18BrClN2O3S/c17-10-3-4-12(11(18)6-10)24(22,23)19-7-13(21)20-16-14-8-1-2-9(5-8)15(14)16/h3-4,6,8-9,14-16,19H,1-2,5,7H2,(H,20,21). The smallest absolute Gasteiger partial charge is 0.242 e. The number of sulfonamides is 1. The van der Waals surface area contributed by atoms with E-state index in [1.54, 1.807) is 6.07 Å². The van der Waals surface area contributed by atoms with Crippen LogP contribution in [-0.2, 0) is 14.8 Å². The topological polar surface area (TPSA) is 75.3 Å². The first-order valence-electron chi connectivity index (χ1n) is 8.11. The van der Waals surface area contributed by atoms with Crippen molar-refractivity contribution in [2.75, 3.05) is 6.54 Å². The van der Waals surface area contributed by atoms with E-state index in [1.807, 2.05) is 0 Å². The molecule has 0 spiro atoms. The summed E-state index contributed by atoms with van der Waals surface area (Å²) < 4.78 is 27.6. The van der Waals surface area contributed by atoms with Gasteiger partial charge in [0, 0.05) is 10.5 Å². The molecule has 4 rings (SSSR count). The molecule has 4 unspecified atom stereocenters. The van der Waals surface area contributed by atoms with Crippen LogP contribution >= 0.6 is 27.5 Å². The van der Waals surface area contributed by atoms with E-state index < -0.39 is 10.0 Å². The second kappa shape index (κ2) is 5.97. The van der Waals surface area contributed by atoms with E-state index in [0.717, 1.165) is 11.8 Å². The van der Waals surface area contributed by atoms with Gasteiger partial charge in [-0.25, -0.2) is 13.1 Å². The van der Waals surface area contributed by atoms with Crippen LogP contribution in [0, 0.1) is 23.7 Å². The van der Waals surface area contributed by atoms with Crippen LogP contribution in [0.1, 0.15) is 19.3 Å². The molecule has 0 radical (unpaired) electrons. The predicted octanol–water partition coefficient (Wildman–Crippen LogP) is 2.54. The fourth-order valence-corrected chi connectivity index (χ4v) is 6.70. The maximum atomic E-state index is 12.3. The van der Waals surface area contributed by atoms with Gasteiger partial charge in [-0.05, 0) is 61.1 Å². The van der Waals surface area contributed by atoms with E-state index in [4.69, 9.17) is 11.6 Å². The van der Waals surface area contributed by atoms with Crippen molar-refractivity contribution < 1.29 is 13.2 Å². The number of rotatable bonds is 5. The van der Waals surface area contributed by atoms with Gasteiger partial charge >= 0.3 is 0 Å². The van der Waals surface area contributed by atoms with Gasteiger partial charge in [0.1, 0.15) is 4.90 Å². The molecular formula is C16H18BrClN2O3S. The van der Waals surface area contributed by atoms with Crippen LogP contribution in [0.15, 0.2) is 27.6 Å². The molecule has 2 bridgehead atoms. The highest BCUT2D eigenvalue weighted by atomic mass is 79.9. The molecule has 3 saturated carbocycles. The van der Waals surface area contributed by atoms with Crippen molar-refractivity contribution in [1.29, 1.82) is 0 Å². The van der Waals surface area contributed by atoms with Crippen molar-refractivity contribution in [1.82, 2.24) is 10.0 Å². The van der Waals surface area contributed by atoms with Gasteiger partial charge < -0.3 is 5.32 Å². The van der Waals surface area contributed by atoms with Crippen LogP contribution in [0.25, 0.3) is 0 Å². The summed E-state index contributed by atoms with van der Waals surface area (Å²) in [6.07, 6.45) is 3.89. The van der Waals surface area contributed by atoms with Crippen molar-refractivity contribution in [2.45, 2.75) is 30.2 Å². The summed E-state index contributed by atoms with van der Waals surface area (Å²) >= 11 is 9.21. The summed E-state index contributed by atoms with van der Waals surface area (Å²) in [6, 6.07) is 4.78. The predicted molar refractivity (Wildman–Crippen MR) is 94.1 cm³/mol. The number of carbonyl (C=O) groups is 1. The van der Waals surface area contributed by atoms with Gasteiger partial charge in [0.25, 0.3) is 0 Å². The first-order chi connectivity index (χ1) is 11.4. The lowest BCUT2D eigenvalue weighted by Crippen LogP contribution is -2.39. The molecule has 0 saturated heterocycles. The van der Waals surface area contributed by atoms with Crippen molar-refractivity contribution in [3.63, 3.8) is 0 Å². The molecule has 5 nitrogen and oxygen atoms in total. The maximum Gasteiger partial charge on any atom is 0.242 e. The van der Waals surface area contributed by atoms with Gasteiger partial charge in [-0.2, -0.15) is 0 Å². The van der Waals surface area contributed by atoms with Crippen LogP contribution in [0.5, 0.6) is 0 Å². The SMILES string of the molecule is O=C(CNS(=O)(=O)c1ccc(Br)cc1Cl)NC1C2C3CCC(C3)C12. The molecule has 4 atom stereocenters. The third kappa shape index (κ3) is 2.89. The van der Waals surface area contributed by atoms with E-state index in [0.29, 0.717) is 16.3 Å². The lowest BCUT2D eigenvalue weighted by atomic mass is 10.0. The fourth-order valence-electron chi connectivity index (χ4n) is 4.69. The summed E-state index contributed by atoms with van der Waals surface area (Å²) in [5.74, 6) is 2.52. The lowest BCUT2D eigenvalue weighted by Gasteiger charge is -2.12. The van der Waals surface area contributed by atoms with Crippen molar-refractivity contribution >= 4 is 43.5 Å². The molecule has 1 aromatic rings. The third-order valence-corrected chi connectivity index (χ3v) is 8.05. The van der Waals surface area contributed by atoms with E-state index >= 15 is 0 Å². The number of fused-ring (bicyclic) bond motifs is 5. The molecule has 0 heterocycles. The average Bonchev–Trinajstić information content (AvgIpc) is 2.90. The van der Waals surface area contributed by atoms with Crippen molar-refractivity contribution in [3.05, 3.63) is 27.7 Å². The minimum atomic E-state index is -3.81. The molecule has 130 valence electrons. The van der Waals surface area contributed by atoms with Crippen molar-refractivity contribution in [3.8, 4) is 0 Å². The molecule has 8 heteroatoms. The first-order valence-corrected chi connectivity index (χ1v) is 10.8. The second-order valence-electron chi connectivity index (χ2n) is 6.98. The van der Waals surface area contributed by atoms with E-state index in [-0.39, 0.29) is 28.4 Å². The lowest BCUT2D eigenvalue weighted by molar-refractivity contribution is -0.120. The normalized spacial score (nSPS) is 33.3. The van der Waals surface area contributed by atoms with E-state index in [1.165, 1.54) is 31.4 Å². The molecule has 1 aromatic carbocycles. The van der Waals surface area contributed by atoms with Crippen LogP contribution in [-0.4, -0.2) is 26.9 Å². The summed E-state index contributed by atoms with van der Waals surface area (Å²) in [6.45, 7) is -0.264. The van der Waals surface area contributed by atoms with Gasteiger partial charge in [-0.15, -0.1) is 0 Å². The minimum absolute atomic E-state index is 0.0264. The molecule has 24 heavy (non-hydrogen) atoms. The summed E-state index contributed by atoms with van der Waals surface area (Å²) in [7, 11) is -3.81. The van der Waals surface area contributed by atoms with Crippen molar-refractivity contribution in [2.24, 2.45) is 23.7 Å². The van der Waals surface area contributed by atoms with Crippen LogP contribution in [0.2, 0.25) is 5.02 Å². The number of benzene rings is 1. The summed E-state index contributed by atoms with van der Waals surface area (Å²) in [5.41, 5.74) is 0. The maximum absolute atomic E-state index is 12.3. The number of hydrogen-bond donors (Lipinski definition) is 2. The molecule has 3 aliphatic carbocycles. The number of amides is 1. The molecule has 1 amide bonds. The monoisotopic (exact) mass is 432 g/mol. The van der Waals surface area contributed by atoms with Gasteiger partial charge in [0.15, 0.2) is 0 Å². The molecule has 2 N–H and O–H groups in total. The Morgan fingerprint density at radius 1 is 1.25 bits per heavy atom. The Balaban J connectivity index is 1.34. The number of halogens is 2. The quantitative estimate of drug-likeness (QED) is 0.749. The Morgan fingerprint density at radius 3 is 2.54 bits per heavy atom. The Morgan fingerprint density at radius 2 is 1.92 bits per heavy atom. The number of nitrogens with one attached hydrogen (secondary N) is 2. The van der Waals surface area contributed by atoms with Crippen LogP contribution in [0.4, 0.5) is 0 Å². The zero-order chi connectivity index (χ0) is 17.1. The van der Waals surface area contributed by atoms with E-state index in [2.05, 4.69) is 26.0 Å². The average molecular weight is 434 g/mol. The van der Waals surface area contributed by atoms with Gasteiger partial charge in [0.2, 0.25) is 15.9 Å². The van der Waals surface area contributed by atoms with Gasteiger partial charge in [-0.1, -0.05) is 27.5 Å². The molecule has 3 aliphatic rings. The summed E-state index contributed by atoms with van der Waals surface area (Å²) in [5, 5.41) is 3.11. The van der Waals surface area contributed by atoms with Crippen LogP contribution in [0.3, 0.4) is 0 Å². The zero-order valence-electron chi connectivity index (χ0n) is 12.8. The van der Waals surface area contributed by atoms with Crippen LogP contribution < -0.4 is 10.0 Å². The van der Waals surface area contributed by atoms with E-state index in [9.17, 15) is 13.2 Å².